The highest BCUT2D eigenvalue weighted by atomic mass is 16.4. The molecule has 0 bridgehead atoms. The first kappa shape index (κ1) is 29.8. The molecule has 13 nitrogen and oxygen atoms in total. The molecule has 33 heavy (non-hydrogen) atoms. The molecule has 0 spiro atoms. The summed E-state index contributed by atoms with van der Waals surface area (Å²) < 4.78 is 0. The molecule has 0 unspecified atom stereocenters. The second-order valence-electron chi connectivity index (χ2n) is 8.46. The molecule has 0 saturated heterocycles. The Morgan fingerprint density at radius 3 is 1.73 bits per heavy atom. The van der Waals surface area contributed by atoms with Crippen molar-refractivity contribution >= 4 is 35.6 Å². The van der Waals surface area contributed by atoms with Crippen molar-refractivity contribution in [1.82, 2.24) is 16.0 Å². The van der Waals surface area contributed by atoms with Gasteiger partial charge in [-0.15, -0.1) is 0 Å². The second kappa shape index (κ2) is 14.0. The number of carboxylic acid groups (broad SMARTS) is 3. The van der Waals surface area contributed by atoms with Gasteiger partial charge in [0, 0.05) is 6.42 Å². The number of carboxylic acids is 3. The van der Waals surface area contributed by atoms with E-state index in [0.29, 0.717) is 6.42 Å². The van der Waals surface area contributed by atoms with Crippen LogP contribution in [0.4, 0.5) is 0 Å². The molecule has 0 aliphatic heterocycles. The fourth-order valence-corrected chi connectivity index (χ4v) is 2.86. The Morgan fingerprint density at radius 2 is 1.30 bits per heavy atom. The number of carbonyl (C=O) groups excluding carboxylic acids is 3. The van der Waals surface area contributed by atoms with Crippen LogP contribution in [-0.4, -0.2) is 75.1 Å². The van der Waals surface area contributed by atoms with Crippen molar-refractivity contribution in [2.24, 2.45) is 17.6 Å². The van der Waals surface area contributed by atoms with Crippen molar-refractivity contribution in [2.75, 3.05) is 0 Å². The number of hydrogen-bond donors (Lipinski definition) is 7. The van der Waals surface area contributed by atoms with Crippen molar-refractivity contribution in [3.05, 3.63) is 0 Å². The van der Waals surface area contributed by atoms with E-state index in [1.807, 2.05) is 13.8 Å². The molecule has 0 rings (SSSR count). The van der Waals surface area contributed by atoms with E-state index in [4.69, 9.17) is 21.1 Å². The molecule has 0 aromatic rings. The monoisotopic (exact) mass is 474 g/mol. The van der Waals surface area contributed by atoms with Crippen molar-refractivity contribution in [1.29, 1.82) is 0 Å². The Balaban J connectivity index is 5.50. The molecule has 4 atom stereocenters. The molecular formula is C20H34N4O9. The molecule has 13 heteroatoms. The Hall–Kier alpha value is -3.22. The Morgan fingerprint density at radius 1 is 0.758 bits per heavy atom. The number of nitrogens with one attached hydrogen (secondary N) is 3. The zero-order valence-electron chi connectivity index (χ0n) is 19.2. The largest absolute Gasteiger partial charge is 0.481 e. The molecule has 0 saturated carbocycles. The summed E-state index contributed by atoms with van der Waals surface area (Å²) in [6.07, 6.45) is -1.26. The second-order valence-corrected chi connectivity index (χ2v) is 8.46. The summed E-state index contributed by atoms with van der Waals surface area (Å²) in [5, 5.41) is 33.7. The number of hydrogen-bond acceptors (Lipinski definition) is 7. The molecule has 0 radical (unpaired) electrons. The first-order valence-electron chi connectivity index (χ1n) is 10.5. The highest BCUT2D eigenvalue weighted by molar-refractivity contribution is 5.94. The standard InChI is InChI=1S/C20H34N4O9/c1-9(2)7-11(21)17(29)22-12(5-6-14(25)26)18(30)24-16(10(3)4)19(31)23-13(20(32)33)8-15(27)28/h9-13,16H,5-8,21H2,1-4H3,(H,22,29)(H,23,31)(H,24,30)(H,25,26)(H,27,28)(H,32,33)/t11-,12-,13-,16-/m0/s1. The molecule has 0 heterocycles. The zero-order valence-corrected chi connectivity index (χ0v) is 19.2. The fourth-order valence-electron chi connectivity index (χ4n) is 2.86. The summed E-state index contributed by atoms with van der Waals surface area (Å²) in [7, 11) is 0. The van der Waals surface area contributed by atoms with Gasteiger partial charge in [-0.05, 0) is 24.7 Å². The summed E-state index contributed by atoms with van der Waals surface area (Å²) in [5.41, 5.74) is 5.82. The zero-order chi connectivity index (χ0) is 25.9. The van der Waals surface area contributed by atoms with Gasteiger partial charge in [0.25, 0.3) is 0 Å². The lowest BCUT2D eigenvalue weighted by Crippen LogP contribution is -2.58. The fraction of sp³-hybridized carbons (Fsp3) is 0.700. The molecule has 0 aliphatic rings. The van der Waals surface area contributed by atoms with Gasteiger partial charge in [0.15, 0.2) is 0 Å². The van der Waals surface area contributed by atoms with Crippen LogP contribution < -0.4 is 21.7 Å². The van der Waals surface area contributed by atoms with Crippen LogP contribution in [0.3, 0.4) is 0 Å². The first-order chi connectivity index (χ1) is 15.1. The van der Waals surface area contributed by atoms with Crippen molar-refractivity contribution in [3.63, 3.8) is 0 Å². The van der Waals surface area contributed by atoms with Gasteiger partial charge in [-0.3, -0.25) is 24.0 Å². The smallest absolute Gasteiger partial charge is 0.326 e. The number of amides is 3. The highest BCUT2D eigenvalue weighted by Gasteiger charge is 2.32. The molecule has 8 N–H and O–H groups in total. The maximum Gasteiger partial charge on any atom is 0.326 e. The van der Waals surface area contributed by atoms with Crippen LogP contribution in [0, 0.1) is 11.8 Å². The lowest BCUT2D eigenvalue weighted by atomic mass is 10.0. The van der Waals surface area contributed by atoms with E-state index < -0.39 is 78.6 Å². The number of aliphatic carboxylic acids is 3. The van der Waals surface area contributed by atoms with Gasteiger partial charge in [-0.2, -0.15) is 0 Å². The summed E-state index contributed by atoms with van der Waals surface area (Å²) >= 11 is 0. The minimum atomic E-state index is -1.72. The summed E-state index contributed by atoms with van der Waals surface area (Å²) in [4.78, 5) is 70.8. The van der Waals surface area contributed by atoms with Gasteiger partial charge in [0.05, 0.1) is 12.5 Å². The van der Waals surface area contributed by atoms with Gasteiger partial charge in [0.1, 0.15) is 18.1 Å². The van der Waals surface area contributed by atoms with Crippen LogP contribution in [0.25, 0.3) is 0 Å². The third kappa shape index (κ3) is 11.8. The summed E-state index contributed by atoms with van der Waals surface area (Å²) in [6, 6.07) is -5.23. The molecule has 0 aromatic carbocycles. The maximum absolute atomic E-state index is 12.8. The van der Waals surface area contributed by atoms with Gasteiger partial charge >= 0.3 is 17.9 Å². The van der Waals surface area contributed by atoms with E-state index in [0.717, 1.165) is 0 Å². The first-order valence-corrected chi connectivity index (χ1v) is 10.5. The van der Waals surface area contributed by atoms with Crippen LogP contribution in [-0.2, 0) is 28.8 Å². The SMILES string of the molecule is CC(C)C[C@H](N)C(=O)N[C@@H](CCC(=O)O)C(=O)N[C@H](C(=O)N[C@@H](CC(=O)O)C(=O)O)C(C)C. The summed E-state index contributed by atoms with van der Waals surface area (Å²) in [6.45, 7) is 6.81. The predicted molar refractivity (Wildman–Crippen MR) is 115 cm³/mol. The lowest BCUT2D eigenvalue weighted by molar-refractivity contribution is -0.147. The Bertz CT molecular complexity index is 739. The van der Waals surface area contributed by atoms with E-state index in [1.165, 1.54) is 0 Å². The third-order valence-electron chi connectivity index (χ3n) is 4.58. The lowest BCUT2D eigenvalue weighted by Gasteiger charge is -2.27. The predicted octanol–water partition coefficient (Wildman–Crippen LogP) is -1.11. The highest BCUT2D eigenvalue weighted by Crippen LogP contribution is 2.08. The van der Waals surface area contributed by atoms with Crippen molar-refractivity contribution < 1.29 is 44.1 Å². The topological polar surface area (TPSA) is 225 Å². The van der Waals surface area contributed by atoms with Crippen molar-refractivity contribution in [3.8, 4) is 0 Å². The quantitative estimate of drug-likeness (QED) is 0.151. The maximum atomic E-state index is 12.8. The van der Waals surface area contributed by atoms with Gasteiger partial charge in [-0.25, -0.2) is 4.79 Å². The molecule has 3 amide bonds. The van der Waals surface area contributed by atoms with E-state index in [2.05, 4.69) is 16.0 Å². The van der Waals surface area contributed by atoms with Gasteiger partial charge in [-0.1, -0.05) is 27.7 Å². The van der Waals surface area contributed by atoms with E-state index in [1.54, 1.807) is 13.8 Å². The number of carbonyl (C=O) groups is 6. The number of nitrogens with two attached hydrogens (primary N) is 1. The molecule has 0 fully saturated rings. The average Bonchev–Trinajstić information content (AvgIpc) is 2.66. The van der Waals surface area contributed by atoms with E-state index in [-0.39, 0.29) is 12.3 Å². The van der Waals surface area contributed by atoms with Crippen LogP contribution >= 0.6 is 0 Å². The van der Waals surface area contributed by atoms with E-state index in [9.17, 15) is 28.8 Å². The molecule has 0 aromatic heterocycles. The Labute approximate surface area is 191 Å². The van der Waals surface area contributed by atoms with Gasteiger partial charge < -0.3 is 37.0 Å². The number of rotatable bonds is 15. The Kier molecular flexibility index (Phi) is 12.7. The van der Waals surface area contributed by atoms with Gasteiger partial charge in [0.2, 0.25) is 17.7 Å². The summed E-state index contributed by atoms with van der Waals surface area (Å²) in [5.74, 6) is -7.12. The minimum absolute atomic E-state index is 0.0963. The van der Waals surface area contributed by atoms with Crippen LogP contribution in [0.1, 0.15) is 53.4 Å². The molecule has 0 aliphatic carbocycles. The van der Waals surface area contributed by atoms with Crippen LogP contribution in [0.5, 0.6) is 0 Å². The van der Waals surface area contributed by atoms with Crippen molar-refractivity contribution in [2.45, 2.75) is 77.5 Å². The molecular weight excluding hydrogens is 440 g/mol. The van der Waals surface area contributed by atoms with Crippen LogP contribution in [0.15, 0.2) is 0 Å². The normalized spacial score (nSPS) is 14.6. The molecule has 188 valence electrons. The average molecular weight is 475 g/mol. The van der Waals surface area contributed by atoms with Crippen LogP contribution in [0.2, 0.25) is 0 Å². The van der Waals surface area contributed by atoms with E-state index >= 15 is 0 Å². The minimum Gasteiger partial charge on any atom is -0.481 e. The third-order valence-corrected chi connectivity index (χ3v) is 4.58.